The van der Waals surface area contributed by atoms with Gasteiger partial charge in [0.2, 0.25) is 5.91 Å². The molecule has 1 saturated carbocycles. The number of benzene rings is 1. The van der Waals surface area contributed by atoms with Crippen LogP contribution in [-0.2, 0) is 14.6 Å². The molecule has 0 aromatic heterocycles. The van der Waals surface area contributed by atoms with Gasteiger partial charge in [0.15, 0.2) is 9.84 Å². The first-order valence-corrected chi connectivity index (χ1v) is 9.05. The number of hydrogen-bond donors (Lipinski definition) is 1. The Kier molecular flexibility index (Phi) is 3.43. The predicted octanol–water partition coefficient (Wildman–Crippen LogP) is 1.59. The van der Waals surface area contributed by atoms with Crippen LogP contribution in [0.1, 0.15) is 37.3 Å². The van der Waals surface area contributed by atoms with Crippen molar-refractivity contribution in [1.82, 2.24) is 5.32 Å². The van der Waals surface area contributed by atoms with Crippen molar-refractivity contribution in [2.24, 2.45) is 0 Å². The second kappa shape index (κ2) is 5.02. The molecule has 1 aliphatic carbocycles. The second-order valence-corrected chi connectivity index (χ2v) is 8.17. The number of carbonyl (C=O) groups excluding carboxylic acids is 1. The third-order valence-electron chi connectivity index (χ3n) is 4.54. The molecule has 1 aromatic carbocycles. The van der Waals surface area contributed by atoms with Crippen molar-refractivity contribution in [1.29, 1.82) is 0 Å². The van der Waals surface area contributed by atoms with Crippen LogP contribution in [-0.4, -0.2) is 31.9 Å². The summed E-state index contributed by atoms with van der Waals surface area (Å²) in [6.45, 7) is 0.352. The Morgan fingerprint density at radius 3 is 2.62 bits per heavy atom. The Balaban J connectivity index is 1.84. The predicted molar refractivity (Wildman–Crippen MR) is 78.9 cm³/mol. The minimum Gasteiger partial charge on any atom is -0.491 e. The van der Waals surface area contributed by atoms with Gasteiger partial charge in [-0.2, -0.15) is 0 Å². The third kappa shape index (κ3) is 2.31. The first-order chi connectivity index (χ1) is 9.94. The first kappa shape index (κ1) is 14.4. The van der Waals surface area contributed by atoms with Crippen LogP contribution >= 0.6 is 0 Å². The van der Waals surface area contributed by atoms with Crippen molar-refractivity contribution in [2.75, 3.05) is 12.9 Å². The summed E-state index contributed by atoms with van der Waals surface area (Å²) in [5, 5.41) is 2.88. The van der Waals surface area contributed by atoms with E-state index in [4.69, 9.17) is 4.74 Å². The van der Waals surface area contributed by atoms with Crippen molar-refractivity contribution < 1.29 is 17.9 Å². The van der Waals surface area contributed by atoms with Crippen molar-refractivity contribution in [2.45, 2.75) is 36.5 Å². The Morgan fingerprint density at radius 2 is 1.95 bits per heavy atom. The van der Waals surface area contributed by atoms with Crippen LogP contribution in [0.4, 0.5) is 0 Å². The zero-order valence-electron chi connectivity index (χ0n) is 12.0. The van der Waals surface area contributed by atoms with Crippen LogP contribution in [0.5, 0.6) is 5.75 Å². The molecule has 1 heterocycles. The molecule has 0 spiro atoms. The van der Waals surface area contributed by atoms with E-state index in [1.807, 2.05) is 24.3 Å². The SMILES string of the molecule is CS(=O)(=O)C1(C(=O)NC2COc3ccccc32)CCCC1. The molecule has 6 heteroatoms. The maximum absolute atomic E-state index is 12.6. The van der Waals surface area contributed by atoms with E-state index in [-0.39, 0.29) is 11.9 Å². The lowest BCUT2D eigenvalue weighted by molar-refractivity contribution is -0.124. The Bertz CT molecular complexity index is 662. The molecule has 114 valence electrons. The lowest BCUT2D eigenvalue weighted by Gasteiger charge is -2.27. The topological polar surface area (TPSA) is 72.5 Å². The van der Waals surface area contributed by atoms with E-state index in [9.17, 15) is 13.2 Å². The summed E-state index contributed by atoms with van der Waals surface area (Å²) < 4.78 is 28.5. The molecule has 0 bridgehead atoms. The summed E-state index contributed by atoms with van der Waals surface area (Å²) in [5.41, 5.74) is 0.910. The number of fused-ring (bicyclic) bond motifs is 1. The van der Waals surface area contributed by atoms with E-state index >= 15 is 0 Å². The lowest BCUT2D eigenvalue weighted by Crippen LogP contribution is -2.51. The van der Waals surface area contributed by atoms with E-state index in [1.54, 1.807) is 0 Å². The van der Waals surface area contributed by atoms with Crippen LogP contribution in [0.3, 0.4) is 0 Å². The molecule has 3 rings (SSSR count). The zero-order valence-corrected chi connectivity index (χ0v) is 12.8. The number of amides is 1. The van der Waals surface area contributed by atoms with Gasteiger partial charge in [0.25, 0.3) is 0 Å². The van der Waals surface area contributed by atoms with Gasteiger partial charge in [-0.25, -0.2) is 8.42 Å². The summed E-state index contributed by atoms with van der Waals surface area (Å²) >= 11 is 0. The van der Waals surface area contributed by atoms with Crippen molar-refractivity contribution in [3.8, 4) is 5.75 Å². The van der Waals surface area contributed by atoms with Gasteiger partial charge in [-0.3, -0.25) is 4.79 Å². The van der Waals surface area contributed by atoms with Crippen LogP contribution in [0.2, 0.25) is 0 Å². The highest BCUT2D eigenvalue weighted by Crippen LogP contribution is 2.38. The van der Waals surface area contributed by atoms with Crippen LogP contribution in [0.15, 0.2) is 24.3 Å². The molecular weight excluding hydrogens is 290 g/mol. The van der Waals surface area contributed by atoms with E-state index in [2.05, 4.69) is 5.32 Å². The average molecular weight is 309 g/mol. The Morgan fingerprint density at radius 1 is 1.29 bits per heavy atom. The van der Waals surface area contributed by atoms with Gasteiger partial charge in [0, 0.05) is 11.8 Å². The highest BCUT2D eigenvalue weighted by Gasteiger charge is 2.50. The summed E-state index contributed by atoms with van der Waals surface area (Å²) in [5.74, 6) is 0.371. The molecule has 5 nitrogen and oxygen atoms in total. The maximum Gasteiger partial charge on any atom is 0.242 e. The van der Waals surface area contributed by atoms with Gasteiger partial charge in [-0.15, -0.1) is 0 Å². The van der Waals surface area contributed by atoms with Crippen LogP contribution < -0.4 is 10.1 Å². The molecule has 1 unspecified atom stereocenters. The Labute approximate surface area is 124 Å². The van der Waals surface area contributed by atoms with Gasteiger partial charge in [0.05, 0.1) is 6.04 Å². The number of nitrogens with one attached hydrogen (secondary N) is 1. The van der Waals surface area contributed by atoms with Gasteiger partial charge < -0.3 is 10.1 Å². The molecule has 1 aliphatic heterocycles. The molecule has 1 atom stereocenters. The largest absolute Gasteiger partial charge is 0.491 e. The summed E-state index contributed by atoms with van der Waals surface area (Å²) in [6.07, 6.45) is 3.53. The minimum atomic E-state index is -3.44. The third-order valence-corrected chi connectivity index (χ3v) is 6.55. The highest BCUT2D eigenvalue weighted by molar-refractivity contribution is 7.92. The molecule has 1 fully saturated rings. The molecule has 1 amide bonds. The number of ether oxygens (including phenoxy) is 1. The normalized spacial score (nSPS) is 23.4. The quantitative estimate of drug-likeness (QED) is 0.920. The van der Waals surface area contributed by atoms with Crippen LogP contribution in [0.25, 0.3) is 0 Å². The molecule has 0 radical (unpaired) electrons. The smallest absolute Gasteiger partial charge is 0.242 e. The number of hydrogen-bond acceptors (Lipinski definition) is 4. The van der Waals surface area contributed by atoms with E-state index < -0.39 is 14.6 Å². The molecular formula is C15H19NO4S. The average Bonchev–Trinajstić information content (AvgIpc) is 3.06. The fraction of sp³-hybridized carbons (Fsp3) is 0.533. The fourth-order valence-corrected chi connectivity index (χ4v) is 4.71. The van der Waals surface area contributed by atoms with Crippen molar-refractivity contribution in [3.05, 3.63) is 29.8 Å². The van der Waals surface area contributed by atoms with E-state index in [0.717, 1.165) is 30.4 Å². The summed E-state index contributed by atoms with van der Waals surface area (Å²) in [4.78, 5) is 12.6. The molecule has 1 aromatic rings. The molecule has 21 heavy (non-hydrogen) atoms. The van der Waals surface area contributed by atoms with Gasteiger partial charge >= 0.3 is 0 Å². The monoisotopic (exact) mass is 309 g/mol. The first-order valence-electron chi connectivity index (χ1n) is 7.16. The van der Waals surface area contributed by atoms with Gasteiger partial charge in [-0.05, 0) is 18.9 Å². The molecule has 2 aliphatic rings. The minimum absolute atomic E-state index is 0.270. The Hall–Kier alpha value is -1.56. The second-order valence-electron chi connectivity index (χ2n) is 5.85. The number of sulfone groups is 1. The lowest BCUT2D eigenvalue weighted by atomic mass is 10.0. The van der Waals surface area contributed by atoms with Crippen LogP contribution in [0, 0.1) is 0 Å². The van der Waals surface area contributed by atoms with E-state index in [0.29, 0.717) is 19.4 Å². The summed E-state index contributed by atoms with van der Waals surface area (Å²) in [6, 6.07) is 7.23. The standard InChI is InChI=1S/C15H19NO4S/c1-21(18,19)15(8-4-5-9-15)14(17)16-12-10-20-13-7-3-2-6-11(12)13/h2-3,6-7,12H,4-5,8-10H2,1H3,(H,16,17). The number of rotatable bonds is 3. The van der Waals surface area contributed by atoms with Gasteiger partial charge in [-0.1, -0.05) is 31.0 Å². The summed E-state index contributed by atoms with van der Waals surface area (Å²) in [7, 11) is -3.44. The maximum atomic E-state index is 12.6. The molecule has 0 saturated heterocycles. The van der Waals surface area contributed by atoms with E-state index in [1.165, 1.54) is 0 Å². The number of carbonyl (C=O) groups is 1. The van der Waals surface area contributed by atoms with Crippen molar-refractivity contribution >= 4 is 15.7 Å². The highest BCUT2D eigenvalue weighted by atomic mass is 32.2. The zero-order chi connectivity index (χ0) is 15.1. The fourth-order valence-electron chi connectivity index (χ4n) is 3.28. The number of para-hydroxylation sites is 1. The van der Waals surface area contributed by atoms with Crippen molar-refractivity contribution in [3.63, 3.8) is 0 Å². The van der Waals surface area contributed by atoms with Gasteiger partial charge in [0.1, 0.15) is 17.1 Å². The molecule has 1 N–H and O–H groups in total.